The molecule has 1 saturated heterocycles. The van der Waals surface area contributed by atoms with Gasteiger partial charge in [-0.05, 0) is 30.0 Å². The van der Waals surface area contributed by atoms with E-state index in [2.05, 4.69) is 26.1 Å². The highest BCUT2D eigenvalue weighted by atomic mass is 35.5. The van der Waals surface area contributed by atoms with Crippen molar-refractivity contribution in [3.05, 3.63) is 34.9 Å². The van der Waals surface area contributed by atoms with E-state index in [1.165, 1.54) is 0 Å². The smallest absolute Gasteiger partial charge is 0.317 e. The number of urea groups is 1. The van der Waals surface area contributed by atoms with Gasteiger partial charge in [0.05, 0.1) is 0 Å². The van der Waals surface area contributed by atoms with Crippen LogP contribution >= 0.6 is 11.6 Å². The fraction of sp³-hybridized carbons (Fsp3) is 0.556. The molecule has 1 aromatic rings. The molecule has 0 unspecified atom stereocenters. The summed E-state index contributed by atoms with van der Waals surface area (Å²) in [6.45, 7) is 9.27. The number of nitrogens with one attached hydrogen (secondary N) is 1. The summed E-state index contributed by atoms with van der Waals surface area (Å²) in [5.41, 5.74) is 0.643. The van der Waals surface area contributed by atoms with Gasteiger partial charge < -0.3 is 15.1 Å². The number of halogens is 1. The van der Waals surface area contributed by atoms with Gasteiger partial charge in [0.2, 0.25) is 0 Å². The number of benzene rings is 1. The van der Waals surface area contributed by atoms with Crippen molar-refractivity contribution in [3.8, 4) is 0 Å². The molecule has 0 spiro atoms. The molecule has 1 aliphatic rings. The zero-order valence-corrected chi connectivity index (χ0v) is 15.4. The summed E-state index contributed by atoms with van der Waals surface area (Å²) in [7, 11) is 0. The van der Waals surface area contributed by atoms with Gasteiger partial charge in [-0.25, -0.2) is 4.79 Å². The van der Waals surface area contributed by atoms with Crippen LogP contribution in [0.15, 0.2) is 24.3 Å². The van der Waals surface area contributed by atoms with Crippen LogP contribution in [0.25, 0.3) is 0 Å². The molecule has 1 heterocycles. The number of nitrogens with zero attached hydrogens (tertiary/aromatic N) is 2. The van der Waals surface area contributed by atoms with E-state index >= 15 is 0 Å². The van der Waals surface area contributed by atoms with Gasteiger partial charge >= 0.3 is 6.03 Å². The third kappa shape index (κ3) is 5.41. The minimum absolute atomic E-state index is 0.0329. The molecule has 2 rings (SSSR count). The number of carbonyl (C=O) groups excluding carboxylic acids is 2. The fourth-order valence-electron chi connectivity index (χ4n) is 2.58. The zero-order valence-electron chi connectivity index (χ0n) is 14.6. The summed E-state index contributed by atoms with van der Waals surface area (Å²) in [5, 5.41) is 3.52. The first kappa shape index (κ1) is 18.6. The number of hydrogen-bond donors (Lipinski definition) is 1. The normalized spacial score (nSPS) is 15.8. The van der Waals surface area contributed by atoms with Crippen LogP contribution in [-0.4, -0.2) is 54.5 Å². The highest BCUT2D eigenvalue weighted by Gasteiger charge is 2.23. The number of hydrogen-bond acceptors (Lipinski definition) is 2. The quantitative estimate of drug-likeness (QED) is 0.889. The largest absolute Gasteiger partial charge is 0.337 e. The van der Waals surface area contributed by atoms with Crippen LogP contribution < -0.4 is 5.32 Å². The van der Waals surface area contributed by atoms with Gasteiger partial charge in [-0.1, -0.05) is 38.4 Å². The maximum Gasteiger partial charge on any atom is 0.317 e. The monoisotopic (exact) mass is 351 g/mol. The van der Waals surface area contributed by atoms with Gasteiger partial charge in [0.1, 0.15) is 0 Å². The van der Waals surface area contributed by atoms with Gasteiger partial charge in [-0.2, -0.15) is 0 Å². The first-order valence-corrected chi connectivity index (χ1v) is 8.72. The molecular weight excluding hydrogens is 326 g/mol. The summed E-state index contributed by atoms with van der Waals surface area (Å²) in [6, 6.07) is 6.93. The van der Waals surface area contributed by atoms with Crippen molar-refractivity contribution < 1.29 is 9.59 Å². The van der Waals surface area contributed by atoms with E-state index in [1.807, 2.05) is 0 Å². The van der Waals surface area contributed by atoms with E-state index in [-0.39, 0.29) is 17.4 Å². The van der Waals surface area contributed by atoms with Crippen molar-refractivity contribution in [2.75, 3.05) is 32.7 Å². The Bertz CT molecular complexity index is 598. The molecular formula is C18H26ClN3O2. The van der Waals surface area contributed by atoms with Crippen molar-refractivity contribution in [1.29, 1.82) is 0 Å². The Balaban J connectivity index is 1.92. The Hall–Kier alpha value is -1.75. The lowest BCUT2D eigenvalue weighted by Crippen LogP contribution is -2.44. The molecule has 0 saturated carbocycles. The zero-order chi connectivity index (χ0) is 17.7. The van der Waals surface area contributed by atoms with Crippen LogP contribution in [0.5, 0.6) is 0 Å². The second-order valence-corrected chi connectivity index (χ2v) is 7.80. The van der Waals surface area contributed by atoms with Gasteiger partial charge in [0.25, 0.3) is 5.91 Å². The van der Waals surface area contributed by atoms with Crippen molar-refractivity contribution in [2.24, 2.45) is 5.41 Å². The maximum atomic E-state index is 12.6. The van der Waals surface area contributed by atoms with Crippen LogP contribution in [0.4, 0.5) is 4.79 Å². The van der Waals surface area contributed by atoms with Gasteiger partial charge in [-0.3, -0.25) is 4.79 Å². The molecule has 1 fully saturated rings. The number of amides is 3. The molecule has 24 heavy (non-hydrogen) atoms. The van der Waals surface area contributed by atoms with Gasteiger partial charge in [-0.15, -0.1) is 0 Å². The third-order valence-electron chi connectivity index (χ3n) is 3.91. The lowest BCUT2D eigenvalue weighted by molar-refractivity contribution is 0.0762. The fourth-order valence-corrected chi connectivity index (χ4v) is 2.77. The molecule has 0 aromatic heterocycles. The molecule has 6 heteroatoms. The average Bonchev–Trinajstić information content (AvgIpc) is 2.77. The van der Waals surface area contributed by atoms with Crippen LogP contribution in [0.2, 0.25) is 5.02 Å². The standard InChI is InChI=1S/C18H26ClN3O2/c1-18(2,3)13-20-17(24)22-9-5-8-21(10-11-22)16(23)14-6-4-7-15(19)12-14/h4,6-7,12H,5,8-11,13H2,1-3H3,(H,20,24). The first-order valence-electron chi connectivity index (χ1n) is 8.34. The van der Waals surface area contributed by atoms with Crippen molar-refractivity contribution in [1.82, 2.24) is 15.1 Å². The SMILES string of the molecule is CC(C)(C)CNC(=O)N1CCCN(C(=O)c2cccc(Cl)c2)CC1. The second kappa shape index (κ2) is 7.88. The van der Waals surface area contributed by atoms with Crippen molar-refractivity contribution >= 4 is 23.5 Å². The second-order valence-electron chi connectivity index (χ2n) is 7.36. The van der Waals surface area contributed by atoms with E-state index in [9.17, 15) is 9.59 Å². The highest BCUT2D eigenvalue weighted by Crippen LogP contribution is 2.15. The molecule has 1 aromatic carbocycles. The summed E-state index contributed by atoms with van der Waals surface area (Å²) < 4.78 is 0. The van der Waals surface area contributed by atoms with Crippen LogP contribution in [0.3, 0.4) is 0 Å². The third-order valence-corrected chi connectivity index (χ3v) is 4.15. The Morgan fingerprint density at radius 1 is 1.12 bits per heavy atom. The molecule has 5 nitrogen and oxygen atoms in total. The van der Waals surface area contributed by atoms with Crippen molar-refractivity contribution in [3.63, 3.8) is 0 Å². The minimum Gasteiger partial charge on any atom is -0.337 e. The molecule has 132 valence electrons. The summed E-state index contributed by atoms with van der Waals surface area (Å²) in [4.78, 5) is 28.5. The van der Waals surface area contributed by atoms with Crippen LogP contribution in [-0.2, 0) is 0 Å². The predicted molar refractivity (Wildman–Crippen MR) is 96.4 cm³/mol. The first-order chi connectivity index (χ1) is 11.3. The van der Waals surface area contributed by atoms with Crippen LogP contribution in [0.1, 0.15) is 37.6 Å². The van der Waals surface area contributed by atoms with Crippen LogP contribution in [0, 0.1) is 5.41 Å². The molecule has 0 bridgehead atoms. The van der Waals surface area contributed by atoms with Gasteiger partial charge in [0.15, 0.2) is 0 Å². The van der Waals surface area contributed by atoms with E-state index in [0.717, 1.165) is 6.42 Å². The molecule has 1 N–H and O–H groups in total. The number of carbonyl (C=O) groups is 2. The Morgan fingerprint density at radius 3 is 2.46 bits per heavy atom. The average molecular weight is 352 g/mol. The Morgan fingerprint density at radius 2 is 1.79 bits per heavy atom. The van der Waals surface area contributed by atoms with Gasteiger partial charge in [0, 0.05) is 43.3 Å². The molecule has 0 aliphatic carbocycles. The topological polar surface area (TPSA) is 52.7 Å². The number of rotatable bonds is 2. The maximum absolute atomic E-state index is 12.6. The Labute approximate surface area is 149 Å². The highest BCUT2D eigenvalue weighted by molar-refractivity contribution is 6.30. The van der Waals surface area contributed by atoms with Crippen molar-refractivity contribution in [2.45, 2.75) is 27.2 Å². The lowest BCUT2D eigenvalue weighted by atomic mass is 9.97. The lowest BCUT2D eigenvalue weighted by Gasteiger charge is -2.25. The van der Waals surface area contributed by atoms with E-state index < -0.39 is 0 Å². The minimum atomic E-state index is -0.0537. The summed E-state index contributed by atoms with van der Waals surface area (Å²) in [6.07, 6.45) is 0.773. The molecule has 1 aliphatic heterocycles. The summed E-state index contributed by atoms with van der Waals surface area (Å²) >= 11 is 5.96. The Kier molecular flexibility index (Phi) is 6.10. The molecule has 0 atom stereocenters. The van der Waals surface area contributed by atoms with E-state index in [0.29, 0.717) is 43.3 Å². The molecule has 3 amide bonds. The predicted octanol–water partition coefficient (Wildman–Crippen LogP) is 3.24. The van der Waals surface area contributed by atoms with E-state index in [1.54, 1.807) is 34.1 Å². The summed E-state index contributed by atoms with van der Waals surface area (Å²) in [5.74, 6) is -0.0329. The van der Waals surface area contributed by atoms with E-state index in [4.69, 9.17) is 11.6 Å². The molecule has 0 radical (unpaired) electrons.